The predicted octanol–water partition coefficient (Wildman–Crippen LogP) is 2.53. The van der Waals surface area contributed by atoms with Crippen molar-refractivity contribution >= 4 is 22.4 Å². The first-order valence-electron chi connectivity index (χ1n) is 5.64. The fraction of sp³-hybridized carbons (Fsp3) is 0. The SMILES string of the molecule is [SiH3]C#Cc1ccc(C=Cc2ccccc2)cc1. The van der Waals surface area contributed by atoms with E-state index in [1.165, 1.54) is 11.1 Å². The van der Waals surface area contributed by atoms with Gasteiger partial charge in [-0.05, 0) is 23.3 Å². The van der Waals surface area contributed by atoms with Gasteiger partial charge in [-0.25, -0.2) is 0 Å². The maximum Gasteiger partial charge on any atom is 0.0911 e. The average molecular weight is 234 g/mol. The summed E-state index contributed by atoms with van der Waals surface area (Å²) in [6, 6.07) is 18.6. The Balaban J connectivity index is 2.13. The molecule has 0 unspecified atom stereocenters. The van der Waals surface area contributed by atoms with E-state index in [0.717, 1.165) is 15.8 Å². The molecule has 0 nitrogen and oxygen atoms in total. The Morgan fingerprint density at radius 1 is 0.765 bits per heavy atom. The van der Waals surface area contributed by atoms with Crippen molar-refractivity contribution in [2.75, 3.05) is 0 Å². The molecule has 0 atom stereocenters. The Hall–Kier alpha value is -2.04. The summed E-state index contributed by atoms with van der Waals surface area (Å²) in [5.41, 5.74) is 6.55. The van der Waals surface area contributed by atoms with E-state index < -0.39 is 0 Å². The van der Waals surface area contributed by atoms with Crippen LogP contribution in [0, 0.1) is 11.5 Å². The van der Waals surface area contributed by atoms with Crippen LogP contribution in [0.3, 0.4) is 0 Å². The minimum atomic E-state index is 0.932. The molecule has 0 fully saturated rings. The third-order valence-corrected chi connectivity index (χ3v) is 2.70. The highest BCUT2D eigenvalue weighted by Gasteiger charge is 1.88. The van der Waals surface area contributed by atoms with Crippen LogP contribution in [-0.2, 0) is 0 Å². The fourth-order valence-electron chi connectivity index (χ4n) is 1.58. The summed E-state index contributed by atoms with van der Waals surface area (Å²) in [6.45, 7) is 0. The first-order chi connectivity index (χ1) is 8.38. The van der Waals surface area contributed by atoms with Crippen molar-refractivity contribution in [3.05, 3.63) is 71.3 Å². The van der Waals surface area contributed by atoms with Crippen molar-refractivity contribution in [2.24, 2.45) is 0 Å². The lowest BCUT2D eigenvalue weighted by Gasteiger charge is -1.95. The van der Waals surface area contributed by atoms with Gasteiger partial charge in [-0.1, -0.05) is 60.5 Å². The van der Waals surface area contributed by atoms with Crippen molar-refractivity contribution in [2.45, 2.75) is 0 Å². The van der Waals surface area contributed by atoms with Crippen LogP contribution in [-0.4, -0.2) is 10.2 Å². The van der Waals surface area contributed by atoms with Crippen LogP contribution in [0.4, 0.5) is 0 Å². The Labute approximate surface area is 105 Å². The van der Waals surface area contributed by atoms with Gasteiger partial charge in [0.1, 0.15) is 0 Å². The van der Waals surface area contributed by atoms with E-state index in [2.05, 4.69) is 60.0 Å². The minimum Gasteiger partial charge on any atom is -0.138 e. The zero-order valence-corrected chi connectivity index (χ0v) is 11.9. The van der Waals surface area contributed by atoms with Gasteiger partial charge < -0.3 is 0 Å². The Morgan fingerprint density at radius 3 is 1.94 bits per heavy atom. The molecule has 82 valence electrons. The molecule has 2 aromatic carbocycles. The van der Waals surface area contributed by atoms with Crippen molar-refractivity contribution in [3.63, 3.8) is 0 Å². The normalized spacial score (nSPS) is 10.1. The summed E-state index contributed by atoms with van der Waals surface area (Å²) in [5.74, 6) is 3.10. The monoisotopic (exact) mass is 234 g/mol. The molecule has 0 saturated heterocycles. The molecule has 0 aromatic heterocycles. The second-order valence-electron chi connectivity index (χ2n) is 3.74. The summed E-state index contributed by atoms with van der Waals surface area (Å²) in [5, 5.41) is 0. The molecule has 0 amide bonds. The Bertz CT molecular complexity index is 554. The van der Waals surface area contributed by atoms with Gasteiger partial charge in [-0.3, -0.25) is 0 Å². The van der Waals surface area contributed by atoms with E-state index in [-0.39, 0.29) is 0 Å². The standard InChI is InChI=1S/C16H14Si/c17-13-12-16-10-8-15(9-11-16)7-6-14-4-2-1-3-5-14/h1-11H,17H3. The molecule has 1 heteroatoms. The van der Waals surface area contributed by atoms with Crippen molar-refractivity contribution < 1.29 is 0 Å². The molecule has 0 aliphatic rings. The number of benzene rings is 2. The van der Waals surface area contributed by atoms with Crippen LogP contribution in [0.1, 0.15) is 16.7 Å². The molecule has 0 N–H and O–H groups in total. The second kappa shape index (κ2) is 5.88. The third-order valence-electron chi connectivity index (χ3n) is 2.45. The summed E-state index contributed by atoms with van der Waals surface area (Å²) in [4.78, 5) is 0. The van der Waals surface area contributed by atoms with Crippen LogP contribution in [0.5, 0.6) is 0 Å². The van der Waals surface area contributed by atoms with Crippen LogP contribution in [0.2, 0.25) is 0 Å². The van der Waals surface area contributed by atoms with Gasteiger partial charge in [0.25, 0.3) is 0 Å². The molecule has 0 heterocycles. The first kappa shape index (κ1) is 11.4. The largest absolute Gasteiger partial charge is 0.138 e. The highest BCUT2D eigenvalue weighted by molar-refractivity contribution is 6.22. The summed E-state index contributed by atoms with van der Waals surface area (Å²) in [6.07, 6.45) is 4.24. The minimum absolute atomic E-state index is 0.932. The van der Waals surface area contributed by atoms with E-state index in [4.69, 9.17) is 0 Å². The van der Waals surface area contributed by atoms with Gasteiger partial charge in [0.2, 0.25) is 0 Å². The lowest BCUT2D eigenvalue weighted by molar-refractivity contribution is 1.61. The Kier molecular flexibility index (Phi) is 3.96. The van der Waals surface area contributed by atoms with Crippen LogP contribution in [0.15, 0.2) is 54.6 Å². The fourth-order valence-corrected chi connectivity index (χ4v) is 1.87. The molecule has 2 aromatic rings. The van der Waals surface area contributed by atoms with Gasteiger partial charge >= 0.3 is 0 Å². The quantitative estimate of drug-likeness (QED) is 0.425. The summed E-state index contributed by atoms with van der Waals surface area (Å²) < 4.78 is 0. The van der Waals surface area contributed by atoms with Gasteiger partial charge in [-0.15, -0.1) is 5.54 Å². The van der Waals surface area contributed by atoms with Crippen molar-refractivity contribution in [1.29, 1.82) is 0 Å². The third kappa shape index (κ3) is 3.48. The molecule has 2 rings (SSSR count). The molecule has 0 bridgehead atoms. The molecule has 0 aliphatic heterocycles. The number of rotatable bonds is 2. The number of hydrogen-bond acceptors (Lipinski definition) is 0. The topological polar surface area (TPSA) is 0 Å². The van der Waals surface area contributed by atoms with E-state index >= 15 is 0 Å². The molecular formula is C16H14Si. The maximum absolute atomic E-state index is 3.10. The zero-order chi connectivity index (χ0) is 11.9. The predicted molar refractivity (Wildman–Crippen MR) is 78.6 cm³/mol. The molecule has 0 aliphatic carbocycles. The van der Waals surface area contributed by atoms with E-state index in [1.54, 1.807) is 0 Å². The van der Waals surface area contributed by atoms with Crippen LogP contribution in [0.25, 0.3) is 12.2 Å². The zero-order valence-electron chi connectivity index (χ0n) is 9.85. The maximum atomic E-state index is 3.10. The van der Waals surface area contributed by atoms with Crippen LogP contribution >= 0.6 is 0 Å². The highest BCUT2D eigenvalue weighted by Crippen LogP contribution is 2.09. The van der Waals surface area contributed by atoms with Gasteiger partial charge in [0.15, 0.2) is 0 Å². The molecule has 0 saturated carbocycles. The Morgan fingerprint density at radius 2 is 1.35 bits per heavy atom. The second-order valence-corrected chi connectivity index (χ2v) is 4.24. The molecular weight excluding hydrogens is 220 g/mol. The van der Waals surface area contributed by atoms with Gasteiger partial charge in [0.05, 0.1) is 10.2 Å². The summed E-state index contributed by atoms with van der Waals surface area (Å²) in [7, 11) is 0.932. The van der Waals surface area contributed by atoms with Crippen LogP contribution < -0.4 is 0 Å². The lowest BCUT2D eigenvalue weighted by Crippen LogP contribution is -1.76. The lowest BCUT2D eigenvalue weighted by atomic mass is 10.1. The van der Waals surface area contributed by atoms with Crippen molar-refractivity contribution in [1.82, 2.24) is 0 Å². The number of hydrogen-bond donors (Lipinski definition) is 0. The smallest absolute Gasteiger partial charge is 0.0911 e. The first-order valence-corrected chi connectivity index (χ1v) is 6.64. The summed E-state index contributed by atoms with van der Waals surface area (Å²) >= 11 is 0. The molecule has 0 spiro atoms. The van der Waals surface area contributed by atoms with E-state index in [0.29, 0.717) is 0 Å². The van der Waals surface area contributed by atoms with Gasteiger partial charge in [-0.2, -0.15) is 0 Å². The highest BCUT2D eigenvalue weighted by atomic mass is 28.1. The molecule has 0 radical (unpaired) electrons. The van der Waals surface area contributed by atoms with E-state index in [9.17, 15) is 0 Å². The average Bonchev–Trinajstić information content (AvgIpc) is 2.40. The van der Waals surface area contributed by atoms with Gasteiger partial charge in [0, 0.05) is 5.56 Å². The molecule has 17 heavy (non-hydrogen) atoms. The van der Waals surface area contributed by atoms with E-state index in [1.807, 2.05) is 18.2 Å². The van der Waals surface area contributed by atoms with Crippen molar-refractivity contribution in [3.8, 4) is 11.5 Å².